The van der Waals surface area contributed by atoms with Gasteiger partial charge in [0, 0.05) is 31.6 Å². The first-order valence-corrected chi connectivity index (χ1v) is 9.17. The van der Waals surface area contributed by atoms with Gasteiger partial charge in [0.15, 0.2) is 11.0 Å². The molecule has 0 spiro atoms. The first-order valence-electron chi connectivity index (χ1n) is 8.18. The topological polar surface area (TPSA) is 111 Å². The smallest absolute Gasteiger partial charge is 0.321 e. The van der Waals surface area contributed by atoms with Crippen LogP contribution in [0.25, 0.3) is 11.4 Å². The first kappa shape index (κ1) is 19.9. The minimum absolute atomic E-state index is 0.0566. The van der Waals surface area contributed by atoms with E-state index in [-0.39, 0.29) is 5.75 Å². The molecule has 10 heteroatoms. The summed E-state index contributed by atoms with van der Waals surface area (Å²) in [5, 5.41) is 13.8. The van der Waals surface area contributed by atoms with Gasteiger partial charge in [-0.15, -0.1) is 10.2 Å². The molecule has 0 bridgehead atoms. The van der Waals surface area contributed by atoms with Crippen molar-refractivity contribution in [2.45, 2.75) is 25.0 Å². The number of nitrogens with zero attached hydrogens (tertiary/aromatic N) is 4. The Balaban J connectivity index is 2.03. The summed E-state index contributed by atoms with van der Waals surface area (Å²) in [4.78, 5) is 27.4. The Kier molecular flexibility index (Phi) is 8.03. The minimum atomic E-state index is -0.490. The molecule has 3 amide bonds. The monoisotopic (exact) mass is 378 g/mol. The van der Waals surface area contributed by atoms with Crippen molar-refractivity contribution >= 4 is 23.7 Å². The van der Waals surface area contributed by atoms with Crippen LogP contribution in [0.3, 0.4) is 0 Å². The maximum absolute atomic E-state index is 11.9. The zero-order valence-corrected chi connectivity index (χ0v) is 15.6. The minimum Gasteiger partial charge on any atom is -0.383 e. The van der Waals surface area contributed by atoms with E-state index in [9.17, 15) is 9.59 Å². The van der Waals surface area contributed by atoms with Crippen LogP contribution in [0, 0.1) is 0 Å². The molecule has 0 saturated heterocycles. The fraction of sp³-hybridized carbons (Fsp3) is 0.438. The zero-order valence-electron chi connectivity index (χ0n) is 14.8. The maximum atomic E-state index is 11.9. The molecule has 0 saturated carbocycles. The van der Waals surface area contributed by atoms with E-state index in [0.717, 1.165) is 12.0 Å². The Labute approximate surface area is 155 Å². The molecule has 0 aliphatic heterocycles. The van der Waals surface area contributed by atoms with Crippen LogP contribution in [0.15, 0.2) is 29.7 Å². The van der Waals surface area contributed by atoms with Crippen molar-refractivity contribution in [1.29, 1.82) is 0 Å². The van der Waals surface area contributed by atoms with Crippen LogP contribution in [0.1, 0.15) is 13.3 Å². The highest BCUT2D eigenvalue weighted by Crippen LogP contribution is 2.23. The standard InChI is InChI=1S/C16H22N6O3S/c1-3-6-18-15(24)19-13(23)11-26-16-21-20-14(22(16)9-10-25-2)12-4-7-17-8-5-12/h4-5,7-8H,3,6,9-11H2,1-2H3,(H2,18,19,23,24). The van der Waals surface area contributed by atoms with Crippen molar-refractivity contribution in [2.75, 3.05) is 26.0 Å². The summed E-state index contributed by atoms with van der Waals surface area (Å²) in [6, 6.07) is 3.19. The molecular formula is C16H22N6O3S. The number of hydrogen-bond acceptors (Lipinski definition) is 7. The Morgan fingerprint density at radius 3 is 2.73 bits per heavy atom. The van der Waals surface area contributed by atoms with Gasteiger partial charge in [0.2, 0.25) is 5.91 Å². The maximum Gasteiger partial charge on any atom is 0.321 e. The number of carbonyl (C=O) groups is 2. The lowest BCUT2D eigenvalue weighted by Gasteiger charge is -2.09. The molecular weight excluding hydrogens is 356 g/mol. The molecule has 26 heavy (non-hydrogen) atoms. The van der Waals surface area contributed by atoms with Gasteiger partial charge in [0.25, 0.3) is 0 Å². The van der Waals surface area contributed by atoms with Gasteiger partial charge < -0.3 is 10.1 Å². The van der Waals surface area contributed by atoms with Crippen molar-refractivity contribution < 1.29 is 14.3 Å². The molecule has 0 aromatic carbocycles. The lowest BCUT2D eigenvalue weighted by atomic mass is 10.2. The highest BCUT2D eigenvalue weighted by atomic mass is 32.2. The summed E-state index contributed by atoms with van der Waals surface area (Å²) < 4.78 is 7.03. The number of thioether (sulfide) groups is 1. The summed E-state index contributed by atoms with van der Waals surface area (Å²) in [7, 11) is 1.62. The van der Waals surface area contributed by atoms with E-state index in [1.54, 1.807) is 19.5 Å². The molecule has 0 unspecified atom stereocenters. The fourth-order valence-electron chi connectivity index (χ4n) is 2.07. The number of nitrogens with one attached hydrogen (secondary N) is 2. The molecule has 2 rings (SSSR count). The Bertz CT molecular complexity index is 722. The third-order valence-corrected chi connectivity index (χ3v) is 4.26. The van der Waals surface area contributed by atoms with E-state index in [1.807, 2.05) is 23.6 Å². The molecule has 2 aromatic rings. The molecule has 0 fully saturated rings. The van der Waals surface area contributed by atoms with Crippen LogP contribution in [-0.4, -0.2) is 57.7 Å². The number of hydrogen-bond donors (Lipinski definition) is 2. The van der Waals surface area contributed by atoms with E-state index >= 15 is 0 Å². The third kappa shape index (κ3) is 5.81. The molecule has 2 heterocycles. The second kappa shape index (κ2) is 10.5. The Morgan fingerprint density at radius 2 is 2.04 bits per heavy atom. The van der Waals surface area contributed by atoms with E-state index in [1.165, 1.54) is 11.8 Å². The summed E-state index contributed by atoms with van der Waals surface area (Å²) in [6.07, 6.45) is 4.16. The molecule has 2 N–H and O–H groups in total. The van der Waals surface area contributed by atoms with Crippen LogP contribution in [0.2, 0.25) is 0 Å². The number of carbonyl (C=O) groups excluding carboxylic acids is 2. The molecule has 0 aliphatic carbocycles. The van der Waals surface area contributed by atoms with Crippen LogP contribution in [-0.2, 0) is 16.1 Å². The third-order valence-electron chi connectivity index (χ3n) is 3.30. The largest absolute Gasteiger partial charge is 0.383 e. The summed E-state index contributed by atoms with van der Waals surface area (Å²) in [5.41, 5.74) is 0.874. The molecule has 0 aliphatic rings. The van der Waals surface area contributed by atoms with Gasteiger partial charge in [-0.05, 0) is 18.6 Å². The van der Waals surface area contributed by atoms with Gasteiger partial charge in [-0.1, -0.05) is 18.7 Å². The second-order valence-electron chi connectivity index (χ2n) is 5.28. The second-order valence-corrected chi connectivity index (χ2v) is 6.22. The first-order chi connectivity index (χ1) is 12.7. The van der Waals surface area contributed by atoms with E-state index < -0.39 is 11.9 Å². The summed E-state index contributed by atoms with van der Waals surface area (Å²) in [6.45, 7) is 3.48. The number of methoxy groups -OCH3 is 1. The van der Waals surface area contributed by atoms with E-state index in [4.69, 9.17) is 4.74 Å². The van der Waals surface area contributed by atoms with Crippen LogP contribution >= 0.6 is 11.8 Å². The number of rotatable bonds is 9. The average molecular weight is 378 g/mol. The van der Waals surface area contributed by atoms with Crippen molar-refractivity contribution in [3.8, 4) is 11.4 Å². The van der Waals surface area contributed by atoms with Gasteiger partial charge in [-0.2, -0.15) is 0 Å². The SMILES string of the molecule is CCCNC(=O)NC(=O)CSc1nnc(-c2ccncc2)n1CCOC. The van der Waals surface area contributed by atoms with Crippen molar-refractivity contribution in [2.24, 2.45) is 0 Å². The average Bonchev–Trinajstić information content (AvgIpc) is 3.06. The number of aromatic nitrogens is 4. The lowest BCUT2D eigenvalue weighted by Crippen LogP contribution is -2.40. The van der Waals surface area contributed by atoms with Gasteiger partial charge in [-0.25, -0.2) is 4.79 Å². The van der Waals surface area contributed by atoms with Crippen molar-refractivity contribution in [3.63, 3.8) is 0 Å². The molecule has 2 aromatic heterocycles. The molecule has 0 radical (unpaired) electrons. The van der Waals surface area contributed by atoms with Crippen LogP contribution in [0.4, 0.5) is 4.79 Å². The normalized spacial score (nSPS) is 10.5. The van der Waals surface area contributed by atoms with Gasteiger partial charge in [0.1, 0.15) is 0 Å². The molecule has 140 valence electrons. The number of amides is 3. The van der Waals surface area contributed by atoms with Gasteiger partial charge >= 0.3 is 6.03 Å². The van der Waals surface area contributed by atoms with E-state index in [2.05, 4.69) is 25.8 Å². The predicted molar refractivity (Wildman–Crippen MR) is 97.7 cm³/mol. The van der Waals surface area contributed by atoms with Gasteiger partial charge in [-0.3, -0.25) is 19.7 Å². The highest BCUT2D eigenvalue weighted by molar-refractivity contribution is 7.99. The number of pyridine rings is 1. The zero-order chi connectivity index (χ0) is 18.8. The summed E-state index contributed by atoms with van der Waals surface area (Å²) in [5.74, 6) is 0.337. The fourth-order valence-corrected chi connectivity index (χ4v) is 2.83. The highest BCUT2D eigenvalue weighted by Gasteiger charge is 2.16. The quantitative estimate of drug-likeness (QED) is 0.633. The molecule has 0 atom stereocenters. The Morgan fingerprint density at radius 1 is 1.27 bits per heavy atom. The van der Waals surface area contributed by atoms with Crippen LogP contribution in [0.5, 0.6) is 0 Å². The number of imide groups is 1. The lowest BCUT2D eigenvalue weighted by molar-refractivity contribution is -0.117. The number of urea groups is 1. The van der Waals surface area contributed by atoms with Crippen LogP contribution < -0.4 is 10.6 Å². The summed E-state index contributed by atoms with van der Waals surface area (Å²) >= 11 is 1.21. The Hall–Kier alpha value is -2.46. The van der Waals surface area contributed by atoms with E-state index in [0.29, 0.717) is 30.7 Å². The number of ether oxygens (including phenoxy) is 1. The molecule has 9 nitrogen and oxygen atoms in total. The van der Waals surface area contributed by atoms with Crippen molar-refractivity contribution in [1.82, 2.24) is 30.4 Å². The van der Waals surface area contributed by atoms with Crippen molar-refractivity contribution in [3.05, 3.63) is 24.5 Å². The van der Waals surface area contributed by atoms with Gasteiger partial charge in [0.05, 0.1) is 18.9 Å². The predicted octanol–water partition coefficient (Wildman–Crippen LogP) is 1.31.